The highest BCUT2D eigenvalue weighted by atomic mass is 16.6. The van der Waals surface area contributed by atoms with Crippen LogP contribution in [0.4, 0.5) is 0 Å². The summed E-state index contributed by atoms with van der Waals surface area (Å²) in [4.78, 5) is 33.4. The van der Waals surface area contributed by atoms with Gasteiger partial charge < -0.3 is 19.3 Å². The lowest BCUT2D eigenvalue weighted by Crippen LogP contribution is -2.14. The molecule has 0 radical (unpaired) electrons. The average Bonchev–Trinajstić information content (AvgIpc) is 2.94. The zero-order chi connectivity index (χ0) is 29.8. The van der Waals surface area contributed by atoms with Crippen molar-refractivity contribution < 1.29 is 33.7 Å². The van der Waals surface area contributed by atoms with E-state index in [4.69, 9.17) is 4.74 Å². The molecule has 0 fully saturated rings. The van der Waals surface area contributed by atoms with Crippen molar-refractivity contribution in [2.75, 3.05) is 13.2 Å². The predicted molar refractivity (Wildman–Crippen MR) is 160 cm³/mol. The minimum atomic E-state index is -0.792. The van der Waals surface area contributed by atoms with Crippen molar-refractivity contribution in [3.05, 3.63) is 54.8 Å². The molecule has 0 atom stereocenters. The first-order valence-electron chi connectivity index (χ1n) is 14.9. The molecular formula is C33H52O7. The van der Waals surface area contributed by atoms with Crippen LogP contribution in [0.25, 0.3) is 0 Å². The van der Waals surface area contributed by atoms with Crippen molar-refractivity contribution in [3.8, 4) is 5.75 Å². The number of aromatic hydroxyl groups is 1. The molecule has 0 aliphatic carbocycles. The fourth-order valence-electron chi connectivity index (χ4n) is 3.91. The van der Waals surface area contributed by atoms with E-state index in [0.717, 1.165) is 12.7 Å². The molecule has 226 valence electrons. The summed E-state index contributed by atoms with van der Waals surface area (Å²) in [5.74, 6) is -1.99. The number of rotatable bonds is 22. The Labute approximate surface area is 242 Å². The van der Waals surface area contributed by atoms with Gasteiger partial charge >= 0.3 is 17.9 Å². The van der Waals surface area contributed by atoms with E-state index < -0.39 is 18.5 Å². The molecule has 0 spiro atoms. The molecule has 1 aromatic rings. The molecule has 7 nitrogen and oxygen atoms in total. The standard InChI is InChI=1S/C22H42O2.C11H10O5/c1-4-5-6-7-8-9-10-11-12-13-14-15-16-17-18-19-20-24-22(23)21(2)3;1-2-15-10(13)7-16-11(14)8-5-3-4-6-9(8)12/h2,4-20H2,1,3H3;2-6,12H,1,7H2. The Morgan fingerprint density at radius 3 is 1.70 bits per heavy atom. The molecule has 0 aliphatic rings. The molecule has 1 aromatic carbocycles. The summed E-state index contributed by atoms with van der Waals surface area (Å²) in [6, 6.07) is 5.87. The molecule has 0 aromatic heterocycles. The van der Waals surface area contributed by atoms with E-state index in [-0.39, 0.29) is 17.3 Å². The summed E-state index contributed by atoms with van der Waals surface area (Å²) in [7, 11) is 0. The minimum absolute atomic E-state index is 0.00565. The summed E-state index contributed by atoms with van der Waals surface area (Å²) in [5, 5.41) is 9.32. The Hall–Kier alpha value is -3.09. The quantitative estimate of drug-likeness (QED) is 0.0498. The van der Waals surface area contributed by atoms with E-state index in [1.54, 1.807) is 19.1 Å². The van der Waals surface area contributed by atoms with Gasteiger partial charge in [0.2, 0.25) is 0 Å². The number of unbranched alkanes of at least 4 members (excludes halogenated alkanes) is 15. The highest BCUT2D eigenvalue weighted by molar-refractivity contribution is 5.93. The molecule has 0 unspecified atom stereocenters. The summed E-state index contributed by atoms with van der Waals surface area (Å²) in [6.07, 6.45) is 22.7. The van der Waals surface area contributed by atoms with Gasteiger partial charge in [-0.1, -0.05) is 129 Å². The Balaban J connectivity index is 0.000000821. The van der Waals surface area contributed by atoms with Crippen LogP contribution in [0.5, 0.6) is 5.75 Å². The molecule has 0 bridgehead atoms. The summed E-state index contributed by atoms with van der Waals surface area (Å²) in [6.45, 7) is 10.7. The van der Waals surface area contributed by atoms with Gasteiger partial charge in [-0.25, -0.2) is 14.4 Å². The number of benzene rings is 1. The summed E-state index contributed by atoms with van der Waals surface area (Å²) < 4.78 is 14.0. The van der Waals surface area contributed by atoms with E-state index in [2.05, 4.69) is 29.6 Å². The Kier molecular flexibility index (Phi) is 24.1. The number of hydrogen-bond acceptors (Lipinski definition) is 7. The Bertz CT molecular complexity index is 847. The zero-order valence-electron chi connectivity index (χ0n) is 24.9. The largest absolute Gasteiger partial charge is 0.507 e. The van der Waals surface area contributed by atoms with Gasteiger partial charge in [0, 0.05) is 5.57 Å². The van der Waals surface area contributed by atoms with E-state index in [9.17, 15) is 19.5 Å². The van der Waals surface area contributed by atoms with Gasteiger partial charge in [0.05, 0.1) is 12.9 Å². The third kappa shape index (κ3) is 21.8. The fourth-order valence-corrected chi connectivity index (χ4v) is 3.91. The number of phenolic OH excluding ortho intramolecular Hbond substituents is 1. The van der Waals surface area contributed by atoms with Gasteiger partial charge in [0.1, 0.15) is 11.3 Å². The van der Waals surface area contributed by atoms with Crippen molar-refractivity contribution in [1.82, 2.24) is 0 Å². The first kappa shape index (κ1) is 36.9. The molecule has 0 saturated carbocycles. The first-order chi connectivity index (χ1) is 19.3. The normalized spacial score (nSPS) is 10.2. The third-order valence-electron chi connectivity index (χ3n) is 6.24. The number of esters is 3. The van der Waals surface area contributed by atoms with E-state index >= 15 is 0 Å². The number of phenols is 1. The van der Waals surface area contributed by atoms with Gasteiger partial charge in [-0.2, -0.15) is 0 Å². The summed E-state index contributed by atoms with van der Waals surface area (Å²) >= 11 is 0. The van der Waals surface area contributed by atoms with Gasteiger partial charge in [0.25, 0.3) is 0 Å². The van der Waals surface area contributed by atoms with Crippen LogP contribution in [0, 0.1) is 0 Å². The van der Waals surface area contributed by atoms with Crippen LogP contribution in [-0.4, -0.2) is 36.2 Å². The van der Waals surface area contributed by atoms with E-state index in [0.29, 0.717) is 12.2 Å². The molecule has 1 N–H and O–H groups in total. The molecule has 40 heavy (non-hydrogen) atoms. The molecule has 1 rings (SSSR count). The Morgan fingerprint density at radius 1 is 0.775 bits per heavy atom. The van der Waals surface area contributed by atoms with Gasteiger partial charge in [-0.3, -0.25) is 0 Å². The highest BCUT2D eigenvalue weighted by Crippen LogP contribution is 2.16. The van der Waals surface area contributed by atoms with Crippen molar-refractivity contribution in [2.45, 2.75) is 117 Å². The number of carbonyl (C=O) groups is 3. The zero-order valence-corrected chi connectivity index (χ0v) is 24.9. The number of carbonyl (C=O) groups excluding carboxylic acids is 3. The minimum Gasteiger partial charge on any atom is -0.507 e. The second-order valence-corrected chi connectivity index (χ2v) is 9.97. The third-order valence-corrected chi connectivity index (χ3v) is 6.24. The second-order valence-electron chi connectivity index (χ2n) is 9.97. The number of para-hydroxylation sites is 1. The number of hydrogen-bond donors (Lipinski definition) is 1. The lowest BCUT2D eigenvalue weighted by atomic mass is 10.0. The van der Waals surface area contributed by atoms with Crippen LogP contribution in [0.3, 0.4) is 0 Å². The summed E-state index contributed by atoms with van der Waals surface area (Å²) in [5.41, 5.74) is 0.486. The Morgan fingerprint density at radius 2 is 1.25 bits per heavy atom. The maximum absolute atomic E-state index is 11.4. The van der Waals surface area contributed by atoms with Crippen LogP contribution < -0.4 is 0 Å². The van der Waals surface area contributed by atoms with Crippen molar-refractivity contribution in [2.24, 2.45) is 0 Å². The maximum Gasteiger partial charge on any atom is 0.349 e. The monoisotopic (exact) mass is 560 g/mol. The first-order valence-corrected chi connectivity index (χ1v) is 14.9. The number of ether oxygens (including phenoxy) is 3. The molecule has 7 heteroatoms. The molecule has 0 amide bonds. The molecule has 0 aliphatic heterocycles. The molecule has 0 heterocycles. The lowest BCUT2D eigenvalue weighted by molar-refractivity contribution is -0.141. The van der Waals surface area contributed by atoms with Gasteiger partial charge in [-0.05, 0) is 25.5 Å². The van der Waals surface area contributed by atoms with Crippen molar-refractivity contribution in [1.29, 1.82) is 0 Å². The maximum atomic E-state index is 11.4. The molecular weight excluding hydrogens is 508 g/mol. The topological polar surface area (TPSA) is 99.1 Å². The van der Waals surface area contributed by atoms with E-state index in [1.165, 1.54) is 108 Å². The van der Waals surface area contributed by atoms with Crippen LogP contribution in [0.2, 0.25) is 0 Å². The average molecular weight is 561 g/mol. The van der Waals surface area contributed by atoms with Crippen LogP contribution >= 0.6 is 0 Å². The SMILES string of the molecule is C=C(C)C(=O)OCCCCCCCCCCCCCCCCCC.C=COC(=O)COC(=O)c1ccccc1O. The van der Waals surface area contributed by atoms with E-state index in [1.807, 2.05) is 0 Å². The predicted octanol–water partition coefficient (Wildman–Crippen LogP) is 8.60. The van der Waals surface area contributed by atoms with Gasteiger partial charge in [0.15, 0.2) is 6.61 Å². The highest BCUT2D eigenvalue weighted by Gasteiger charge is 2.13. The van der Waals surface area contributed by atoms with Crippen LogP contribution in [0.15, 0.2) is 49.3 Å². The van der Waals surface area contributed by atoms with Crippen molar-refractivity contribution in [3.63, 3.8) is 0 Å². The smallest absolute Gasteiger partial charge is 0.349 e. The van der Waals surface area contributed by atoms with Crippen molar-refractivity contribution >= 4 is 17.9 Å². The second kappa shape index (κ2) is 26.1. The van der Waals surface area contributed by atoms with Crippen LogP contribution in [0.1, 0.15) is 127 Å². The lowest BCUT2D eigenvalue weighted by Gasteiger charge is -2.05. The van der Waals surface area contributed by atoms with Gasteiger partial charge in [-0.15, -0.1) is 0 Å². The van der Waals surface area contributed by atoms with Crippen LogP contribution in [-0.2, 0) is 23.8 Å². The molecule has 0 saturated heterocycles. The fraction of sp³-hybridized carbons (Fsp3) is 0.606.